The molecule has 0 fully saturated rings. The van der Waals surface area contributed by atoms with Crippen LogP contribution in [0.1, 0.15) is 23.2 Å². The van der Waals surface area contributed by atoms with E-state index in [9.17, 15) is 34.2 Å². The Balaban J connectivity index is 1.73. The minimum Gasteiger partial charge on any atom is -0.508 e. The minimum absolute atomic E-state index is 0.0451. The molecular weight excluding hydrogens is 546 g/mol. The predicted molar refractivity (Wildman–Crippen MR) is 149 cm³/mol. The number of amides is 4. The van der Waals surface area contributed by atoms with Gasteiger partial charge in [0, 0.05) is 24.7 Å². The van der Waals surface area contributed by atoms with Gasteiger partial charge >= 0.3 is 5.97 Å². The first-order valence-corrected chi connectivity index (χ1v) is 13.0. The fraction of sp³-hybridized carbons (Fsp3) is 0.286. The fourth-order valence-corrected chi connectivity index (χ4v) is 4.09. The Hall–Kier alpha value is -5.24. The average molecular weight is 580 g/mol. The van der Waals surface area contributed by atoms with Gasteiger partial charge in [-0.05, 0) is 29.7 Å². The number of aromatic nitrogens is 2. The summed E-state index contributed by atoms with van der Waals surface area (Å²) in [5.41, 5.74) is 13.2. The number of rotatable bonds is 15. The maximum absolute atomic E-state index is 13.4. The van der Waals surface area contributed by atoms with Crippen molar-refractivity contribution in [3.8, 4) is 5.75 Å². The minimum atomic E-state index is -1.53. The molecule has 222 valence electrons. The molecule has 4 atom stereocenters. The van der Waals surface area contributed by atoms with Crippen LogP contribution in [0.3, 0.4) is 0 Å². The molecule has 4 unspecified atom stereocenters. The van der Waals surface area contributed by atoms with E-state index in [1.807, 2.05) is 0 Å². The molecule has 1 aromatic heterocycles. The van der Waals surface area contributed by atoms with Crippen molar-refractivity contribution in [3.63, 3.8) is 0 Å². The number of aromatic hydroxyl groups is 1. The van der Waals surface area contributed by atoms with Gasteiger partial charge < -0.3 is 42.6 Å². The number of carbonyl (C=O) groups excluding carboxylic acids is 4. The van der Waals surface area contributed by atoms with Crippen LogP contribution < -0.4 is 27.4 Å². The van der Waals surface area contributed by atoms with E-state index in [1.54, 1.807) is 42.5 Å². The number of phenolic OH excluding ortho intramolecular Hbond substituents is 1. The smallest absolute Gasteiger partial charge is 0.326 e. The number of carbonyl (C=O) groups is 5. The third-order valence-corrected chi connectivity index (χ3v) is 6.28. The van der Waals surface area contributed by atoms with Crippen molar-refractivity contribution in [1.82, 2.24) is 25.9 Å². The van der Waals surface area contributed by atoms with Crippen LogP contribution in [0.15, 0.2) is 67.1 Å². The summed E-state index contributed by atoms with van der Waals surface area (Å²) in [6.45, 7) is 0. The normalized spacial score (nSPS) is 13.6. The van der Waals surface area contributed by atoms with Gasteiger partial charge in [0.05, 0.1) is 18.8 Å². The molecule has 0 spiro atoms. The summed E-state index contributed by atoms with van der Waals surface area (Å²) in [4.78, 5) is 69.7. The number of hydrogen-bond acceptors (Lipinski definition) is 8. The molecule has 0 saturated carbocycles. The molecule has 0 saturated heterocycles. The van der Waals surface area contributed by atoms with Gasteiger partial charge in [0.25, 0.3) is 0 Å². The van der Waals surface area contributed by atoms with Crippen molar-refractivity contribution in [2.75, 3.05) is 0 Å². The van der Waals surface area contributed by atoms with E-state index in [2.05, 4.69) is 25.9 Å². The Kier molecular flexibility index (Phi) is 11.1. The molecule has 4 amide bonds. The molecule has 0 aliphatic heterocycles. The number of nitrogens with zero attached hydrogens (tertiary/aromatic N) is 1. The Morgan fingerprint density at radius 3 is 1.98 bits per heavy atom. The second-order valence-electron chi connectivity index (χ2n) is 9.64. The molecule has 1 heterocycles. The Morgan fingerprint density at radius 2 is 1.38 bits per heavy atom. The highest BCUT2D eigenvalue weighted by Crippen LogP contribution is 2.11. The molecule has 3 rings (SSSR count). The summed E-state index contributed by atoms with van der Waals surface area (Å²) in [5.74, 6) is -4.64. The Labute approximate surface area is 240 Å². The predicted octanol–water partition coefficient (Wildman–Crippen LogP) is -1.12. The number of nitrogens with two attached hydrogens (primary N) is 2. The van der Waals surface area contributed by atoms with Crippen molar-refractivity contribution in [2.45, 2.75) is 49.9 Å². The number of hydrogen-bond donors (Lipinski definition) is 8. The van der Waals surface area contributed by atoms with Crippen LogP contribution in [0.2, 0.25) is 0 Å². The van der Waals surface area contributed by atoms with E-state index in [1.165, 1.54) is 24.7 Å². The van der Waals surface area contributed by atoms with E-state index < -0.39 is 60.2 Å². The zero-order valence-corrected chi connectivity index (χ0v) is 22.5. The molecule has 42 heavy (non-hydrogen) atoms. The largest absolute Gasteiger partial charge is 0.508 e. The van der Waals surface area contributed by atoms with Crippen molar-refractivity contribution < 1.29 is 34.2 Å². The monoisotopic (exact) mass is 579 g/mol. The van der Waals surface area contributed by atoms with Gasteiger partial charge in [-0.15, -0.1) is 0 Å². The van der Waals surface area contributed by atoms with Crippen LogP contribution in [0.5, 0.6) is 5.75 Å². The van der Waals surface area contributed by atoms with Gasteiger partial charge in [0.2, 0.25) is 23.6 Å². The van der Waals surface area contributed by atoms with Gasteiger partial charge in [0.1, 0.15) is 23.9 Å². The first-order chi connectivity index (χ1) is 20.0. The number of primary amides is 1. The van der Waals surface area contributed by atoms with Crippen molar-refractivity contribution >= 4 is 29.6 Å². The molecule has 0 bridgehead atoms. The zero-order valence-electron chi connectivity index (χ0n) is 22.5. The summed E-state index contributed by atoms with van der Waals surface area (Å²) >= 11 is 0. The second kappa shape index (κ2) is 14.9. The fourth-order valence-electron chi connectivity index (χ4n) is 4.09. The first kappa shape index (κ1) is 31.3. The quantitative estimate of drug-likeness (QED) is 0.109. The Bertz CT molecular complexity index is 1370. The van der Waals surface area contributed by atoms with Crippen LogP contribution in [0.25, 0.3) is 0 Å². The molecule has 0 aliphatic carbocycles. The first-order valence-electron chi connectivity index (χ1n) is 13.0. The van der Waals surface area contributed by atoms with Crippen LogP contribution in [-0.4, -0.2) is 73.9 Å². The molecule has 10 N–H and O–H groups in total. The van der Waals surface area contributed by atoms with Gasteiger partial charge in [-0.2, -0.15) is 0 Å². The van der Waals surface area contributed by atoms with Gasteiger partial charge in [-0.1, -0.05) is 42.5 Å². The van der Waals surface area contributed by atoms with Crippen molar-refractivity contribution in [3.05, 3.63) is 83.9 Å². The lowest BCUT2D eigenvalue weighted by Gasteiger charge is -2.24. The average Bonchev–Trinajstić information content (AvgIpc) is 3.46. The van der Waals surface area contributed by atoms with Gasteiger partial charge in [-0.3, -0.25) is 19.2 Å². The number of aliphatic carboxylic acids is 1. The third kappa shape index (κ3) is 9.75. The summed E-state index contributed by atoms with van der Waals surface area (Å²) in [6, 6.07) is 9.49. The Morgan fingerprint density at radius 1 is 0.786 bits per heavy atom. The number of aromatic amines is 1. The SMILES string of the molecule is NC(=O)CC(NC(=O)C(Cc1cnc[nH]1)NC(=O)C(N)Cc1ccc(O)cc1)C(=O)NC(Cc1ccccc1)C(=O)O. The zero-order chi connectivity index (χ0) is 30.6. The third-order valence-electron chi connectivity index (χ3n) is 6.28. The van der Waals surface area contributed by atoms with E-state index in [0.29, 0.717) is 16.8 Å². The summed E-state index contributed by atoms with van der Waals surface area (Å²) in [6.07, 6.45) is 2.19. The van der Waals surface area contributed by atoms with Gasteiger partial charge in [-0.25, -0.2) is 9.78 Å². The molecular formula is C28H33N7O7. The second-order valence-corrected chi connectivity index (χ2v) is 9.64. The van der Waals surface area contributed by atoms with Crippen LogP contribution >= 0.6 is 0 Å². The summed E-state index contributed by atoms with van der Waals surface area (Å²) in [7, 11) is 0. The molecule has 2 aromatic carbocycles. The highest BCUT2D eigenvalue weighted by Gasteiger charge is 2.31. The van der Waals surface area contributed by atoms with E-state index in [-0.39, 0.29) is 25.0 Å². The lowest BCUT2D eigenvalue weighted by molar-refractivity contribution is -0.142. The van der Waals surface area contributed by atoms with Gasteiger partial charge in [0.15, 0.2) is 0 Å². The maximum Gasteiger partial charge on any atom is 0.326 e. The molecule has 14 heteroatoms. The van der Waals surface area contributed by atoms with Crippen LogP contribution in [0, 0.1) is 0 Å². The van der Waals surface area contributed by atoms with E-state index >= 15 is 0 Å². The number of nitrogens with one attached hydrogen (secondary N) is 4. The van der Waals surface area contributed by atoms with Crippen molar-refractivity contribution in [1.29, 1.82) is 0 Å². The summed E-state index contributed by atoms with van der Waals surface area (Å²) in [5, 5.41) is 26.4. The molecule has 0 aliphatic rings. The lowest BCUT2D eigenvalue weighted by Crippen LogP contribution is -2.58. The number of benzene rings is 2. The number of carboxylic acids is 1. The highest BCUT2D eigenvalue weighted by atomic mass is 16.4. The van der Waals surface area contributed by atoms with Crippen LogP contribution in [-0.2, 0) is 43.2 Å². The van der Waals surface area contributed by atoms with Crippen LogP contribution in [0.4, 0.5) is 0 Å². The maximum atomic E-state index is 13.4. The number of carboxylic acid groups (broad SMARTS) is 1. The molecule has 14 nitrogen and oxygen atoms in total. The van der Waals surface area contributed by atoms with E-state index in [4.69, 9.17) is 11.5 Å². The summed E-state index contributed by atoms with van der Waals surface area (Å²) < 4.78 is 0. The number of H-pyrrole nitrogens is 1. The highest BCUT2D eigenvalue weighted by molar-refractivity contribution is 5.96. The topological polar surface area (TPSA) is 243 Å². The molecule has 3 aromatic rings. The number of imidazole rings is 1. The van der Waals surface area contributed by atoms with E-state index in [0.717, 1.165) is 0 Å². The molecule has 0 radical (unpaired) electrons. The lowest BCUT2D eigenvalue weighted by atomic mass is 10.0. The van der Waals surface area contributed by atoms with Crippen molar-refractivity contribution in [2.24, 2.45) is 11.5 Å². The number of phenols is 1. The standard InChI is InChI=1S/C28H33N7O7/c29-20(10-17-6-8-19(36)9-7-17)25(38)33-21(12-18-14-31-15-32-18)26(39)34-22(13-24(30)37)27(40)35-23(28(41)42)11-16-4-2-1-3-5-16/h1-9,14-15,20-23,36H,10-13,29H2,(H2,30,37)(H,31,32)(H,33,38)(H,34,39)(H,35,40)(H,41,42).